The summed E-state index contributed by atoms with van der Waals surface area (Å²) in [6.07, 6.45) is 10.7. The van der Waals surface area contributed by atoms with Crippen LogP contribution in [0.4, 0.5) is 17.5 Å². The number of hydrogen-bond donors (Lipinski definition) is 1. The van der Waals surface area contributed by atoms with Crippen LogP contribution in [-0.2, 0) is 0 Å². The summed E-state index contributed by atoms with van der Waals surface area (Å²) in [5, 5.41) is 4.36. The number of likely N-dealkylation sites (N-methyl/N-ethyl adjacent to an activating group) is 1. The summed E-state index contributed by atoms with van der Waals surface area (Å²) in [6.45, 7) is 6.06. The lowest BCUT2D eigenvalue weighted by molar-refractivity contribution is 0.311. The molecule has 0 radical (unpaired) electrons. The lowest BCUT2D eigenvalue weighted by Crippen LogP contribution is -2.45. The summed E-state index contributed by atoms with van der Waals surface area (Å²) in [6, 6.07) is 6.14. The Morgan fingerprint density at radius 1 is 0.839 bits per heavy atom. The number of hydrogen-bond acceptors (Lipinski definition) is 8. The molecule has 156 valence electrons. The Morgan fingerprint density at radius 2 is 1.65 bits per heavy atom. The molecule has 1 fully saturated rings. The van der Waals surface area contributed by atoms with Crippen molar-refractivity contribution in [3.63, 3.8) is 0 Å². The smallest absolute Gasteiger partial charge is 0.225 e. The molecule has 1 aliphatic rings. The summed E-state index contributed by atoms with van der Waals surface area (Å²) in [4.78, 5) is 26.9. The number of aromatic nitrogens is 5. The number of rotatable bonds is 4. The molecule has 4 aromatic rings. The molecule has 31 heavy (non-hydrogen) atoms. The number of piperazine rings is 1. The third-order valence-corrected chi connectivity index (χ3v) is 5.73. The van der Waals surface area contributed by atoms with Gasteiger partial charge in [-0.15, -0.1) is 0 Å². The normalized spacial score (nSPS) is 14.7. The first-order valence-electron chi connectivity index (χ1n) is 10.4. The highest BCUT2D eigenvalue weighted by molar-refractivity contribution is 5.97. The van der Waals surface area contributed by atoms with Crippen molar-refractivity contribution in [2.75, 3.05) is 43.4 Å². The number of pyridine rings is 1. The highest BCUT2D eigenvalue weighted by Gasteiger charge is 2.17. The van der Waals surface area contributed by atoms with E-state index in [1.165, 1.54) is 0 Å². The third kappa shape index (κ3) is 3.89. The summed E-state index contributed by atoms with van der Waals surface area (Å²) in [7, 11) is 2.14. The van der Waals surface area contributed by atoms with E-state index in [0.717, 1.165) is 65.4 Å². The molecule has 8 nitrogen and oxygen atoms in total. The SMILES string of the molecule is Cc1c(-c2cnc(N3CCN(C)CC3)nc2)ccc2c(Nc3cnccn3)ccnc12. The van der Waals surface area contributed by atoms with E-state index in [4.69, 9.17) is 0 Å². The maximum Gasteiger partial charge on any atom is 0.225 e. The number of aryl methyl sites for hydroxylation is 1. The first-order chi connectivity index (χ1) is 15.2. The minimum Gasteiger partial charge on any atom is -0.338 e. The van der Waals surface area contributed by atoms with Crippen molar-refractivity contribution in [3.8, 4) is 11.1 Å². The van der Waals surface area contributed by atoms with E-state index in [0.29, 0.717) is 5.82 Å². The van der Waals surface area contributed by atoms with Crippen LogP contribution in [0.25, 0.3) is 22.0 Å². The molecule has 0 saturated carbocycles. The van der Waals surface area contributed by atoms with Gasteiger partial charge in [0, 0.05) is 68.1 Å². The van der Waals surface area contributed by atoms with Crippen molar-refractivity contribution >= 4 is 28.4 Å². The van der Waals surface area contributed by atoms with Crippen LogP contribution in [0.5, 0.6) is 0 Å². The lowest BCUT2D eigenvalue weighted by Gasteiger charge is -2.32. The van der Waals surface area contributed by atoms with Gasteiger partial charge in [-0.25, -0.2) is 15.0 Å². The van der Waals surface area contributed by atoms with E-state index in [2.05, 4.69) is 66.1 Å². The van der Waals surface area contributed by atoms with Gasteiger partial charge in [0.1, 0.15) is 5.82 Å². The minimum atomic E-state index is 0.699. The van der Waals surface area contributed by atoms with Gasteiger partial charge in [-0.1, -0.05) is 12.1 Å². The summed E-state index contributed by atoms with van der Waals surface area (Å²) in [5.41, 5.74) is 5.06. The Hall–Kier alpha value is -3.65. The topological polar surface area (TPSA) is 83.0 Å². The lowest BCUT2D eigenvalue weighted by atomic mass is 9.99. The molecule has 5 rings (SSSR count). The highest BCUT2D eigenvalue weighted by Crippen LogP contribution is 2.32. The van der Waals surface area contributed by atoms with Crippen LogP contribution in [0.2, 0.25) is 0 Å². The average molecular weight is 413 g/mol. The molecule has 0 atom stereocenters. The number of fused-ring (bicyclic) bond motifs is 1. The van der Waals surface area contributed by atoms with Gasteiger partial charge in [-0.2, -0.15) is 0 Å². The molecule has 3 aromatic heterocycles. The molecule has 0 bridgehead atoms. The molecule has 0 spiro atoms. The fraction of sp³-hybridized carbons (Fsp3) is 0.261. The van der Waals surface area contributed by atoms with Crippen molar-refractivity contribution in [2.24, 2.45) is 0 Å². The van der Waals surface area contributed by atoms with Gasteiger partial charge < -0.3 is 15.1 Å². The summed E-state index contributed by atoms with van der Waals surface area (Å²) >= 11 is 0. The molecule has 0 amide bonds. The molecule has 1 N–H and O–H groups in total. The van der Waals surface area contributed by atoms with Crippen LogP contribution < -0.4 is 10.2 Å². The van der Waals surface area contributed by atoms with E-state index in [-0.39, 0.29) is 0 Å². The quantitative estimate of drug-likeness (QED) is 0.547. The molecule has 8 heteroatoms. The monoisotopic (exact) mass is 412 g/mol. The van der Waals surface area contributed by atoms with Crippen LogP contribution in [0.1, 0.15) is 5.56 Å². The van der Waals surface area contributed by atoms with E-state index >= 15 is 0 Å². The van der Waals surface area contributed by atoms with Gasteiger partial charge in [-0.05, 0) is 31.2 Å². The average Bonchev–Trinajstić information content (AvgIpc) is 2.81. The maximum atomic E-state index is 4.65. The Bertz CT molecular complexity index is 1190. The zero-order valence-electron chi connectivity index (χ0n) is 17.7. The maximum absolute atomic E-state index is 4.65. The molecular weight excluding hydrogens is 388 g/mol. The minimum absolute atomic E-state index is 0.699. The first kappa shape index (κ1) is 19.3. The number of nitrogens with zero attached hydrogens (tertiary/aromatic N) is 7. The van der Waals surface area contributed by atoms with Gasteiger partial charge in [0.15, 0.2) is 0 Å². The molecule has 1 saturated heterocycles. The van der Waals surface area contributed by atoms with Crippen LogP contribution in [0, 0.1) is 6.92 Å². The Balaban J connectivity index is 1.45. The third-order valence-electron chi connectivity index (χ3n) is 5.73. The second-order valence-corrected chi connectivity index (χ2v) is 7.77. The Morgan fingerprint density at radius 3 is 2.39 bits per heavy atom. The highest BCUT2D eigenvalue weighted by atomic mass is 15.3. The molecular formula is C23H24N8. The molecule has 1 aliphatic heterocycles. The molecule has 0 aliphatic carbocycles. The van der Waals surface area contributed by atoms with Gasteiger partial charge in [-0.3, -0.25) is 9.97 Å². The predicted molar refractivity (Wildman–Crippen MR) is 123 cm³/mol. The van der Waals surface area contributed by atoms with Crippen molar-refractivity contribution in [1.82, 2.24) is 29.8 Å². The van der Waals surface area contributed by atoms with Gasteiger partial charge in [0.05, 0.1) is 17.4 Å². The van der Waals surface area contributed by atoms with Crippen LogP contribution in [0.15, 0.2) is 55.4 Å². The fourth-order valence-electron chi connectivity index (χ4n) is 3.91. The largest absolute Gasteiger partial charge is 0.338 e. The fourth-order valence-corrected chi connectivity index (χ4v) is 3.91. The zero-order chi connectivity index (χ0) is 21.2. The van der Waals surface area contributed by atoms with Crippen molar-refractivity contribution in [3.05, 3.63) is 60.9 Å². The van der Waals surface area contributed by atoms with Crippen LogP contribution in [0.3, 0.4) is 0 Å². The van der Waals surface area contributed by atoms with Crippen molar-refractivity contribution < 1.29 is 0 Å². The molecule has 4 heterocycles. The summed E-state index contributed by atoms with van der Waals surface area (Å²) < 4.78 is 0. The van der Waals surface area contributed by atoms with E-state index in [9.17, 15) is 0 Å². The molecule has 1 aromatic carbocycles. The van der Waals surface area contributed by atoms with Crippen molar-refractivity contribution in [1.29, 1.82) is 0 Å². The summed E-state index contributed by atoms with van der Waals surface area (Å²) in [5.74, 6) is 1.49. The van der Waals surface area contributed by atoms with Gasteiger partial charge in [0.2, 0.25) is 5.95 Å². The van der Waals surface area contributed by atoms with Crippen LogP contribution >= 0.6 is 0 Å². The number of anilines is 3. The van der Waals surface area contributed by atoms with Crippen molar-refractivity contribution in [2.45, 2.75) is 6.92 Å². The predicted octanol–water partition coefficient (Wildman–Crippen LogP) is 3.29. The number of nitrogens with one attached hydrogen (secondary N) is 1. The second kappa shape index (κ2) is 8.23. The van der Waals surface area contributed by atoms with Gasteiger partial charge in [0.25, 0.3) is 0 Å². The Labute approximate surface area is 181 Å². The van der Waals surface area contributed by atoms with E-state index in [1.807, 2.05) is 24.7 Å². The second-order valence-electron chi connectivity index (χ2n) is 7.77. The molecule has 0 unspecified atom stereocenters. The van der Waals surface area contributed by atoms with E-state index in [1.54, 1.807) is 18.6 Å². The zero-order valence-corrected chi connectivity index (χ0v) is 17.7. The van der Waals surface area contributed by atoms with Gasteiger partial charge >= 0.3 is 0 Å². The standard InChI is InChI=1S/C23H24N8/c1-16-18(17-13-27-23(28-14-17)31-11-9-30(2)10-12-31)3-4-19-20(5-6-26-22(16)19)29-21-15-24-7-8-25-21/h3-8,13-15H,9-12H2,1-2H3,(H,25,26,29). The van der Waals surface area contributed by atoms with E-state index < -0.39 is 0 Å². The Kier molecular flexibility index (Phi) is 5.13. The number of benzene rings is 1. The first-order valence-corrected chi connectivity index (χ1v) is 10.4. The van der Waals surface area contributed by atoms with Crippen LogP contribution in [-0.4, -0.2) is 63.0 Å².